The summed E-state index contributed by atoms with van der Waals surface area (Å²) in [5, 5.41) is 4.10. The molecule has 0 unspecified atom stereocenters. The van der Waals surface area contributed by atoms with Crippen molar-refractivity contribution >= 4 is 34.1 Å². The normalized spacial score (nSPS) is 21.9. The minimum absolute atomic E-state index is 0.0474. The number of rotatable bonds is 6. The highest BCUT2D eigenvalue weighted by molar-refractivity contribution is 5.99. The zero-order valence-electron chi connectivity index (χ0n) is 25.6. The lowest BCUT2D eigenvalue weighted by Gasteiger charge is -2.49. The third kappa shape index (κ3) is 5.18. The van der Waals surface area contributed by atoms with E-state index in [1.54, 1.807) is 10.8 Å². The molecule has 1 N–H and O–H groups in total. The molecule has 0 spiro atoms. The maximum Gasteiger partial charge on any atom is 0.263 e. The van der Waals surface area contributed by atoms with E-state index in [4.69, 9.17) is 9.72 Å². The number of aryl methyl sites for hydroxylation is 1. The number of aromatic nitrogens is 3. The molecule has 2 aromatic heterocycles. The van der Waals surface area contributed by atoms with Crippen LogP contribution in [0.15, 0.2) is 29.2 Å². The Balaban J connectivity index is 1.11. The van der Waals surface area contributed by atoms with Gasteiger partial charge in [0.15, 0.2) is 5.78 Å². The highest BCUT2D eigenvalue weighted by atomic mass is 16.5. The number of carbonyl (C=O) groups excluding carboxylic acids is 1. The van der Waals surface area contributed by atoms with Gasteiger partial charge in [-0.3, -0.25) is 19.1 Å². The Hall–Kier alpha value is -3.50. The number of likely N-dealkylation sites (tertiary alicyclic amines) is 1. The first-order valence-corrected chi connectivity index (χ1v) is 16.1. The number of hydrogen-bond acceptors (Lipinski definition) is 9. The van der Waals surface area contributed by atoms with Crippen LogP contribution in [0.25, 0.3) is 11.0 Å². The van der Waals surface area contributed by atoms with Crippen molar-refractivity contribution in [2.45, 2.75) is 77.4 Å². The number of ketones is 1. The highest BCUT2D eigenvalue weighted by Gasteiger charge is 2.36. The zero-order chi connectivity index (χ0) is 29.7. The molecular weight excluding hydrogens is 542 g/mol. The lowest BCUT2D eigenvalue weighted by molar-refractivity contribution is 0.0810. The minimum atomic E-state index is -0.239. The van der Waals surface area contributed by atoms with Crippen molar-refractivity contribution in [1.82, 2.24) is 24.3 Å². The number of anilines is 3. The van der Waals surface area contributed by atoms with Crippen molar-refractivity contribution in [3.8, 4) is 5.75 Å². The molecule has 1 aliphatic carbocycles. The van der Waals surface area contributed by atoms with Crippen LogP contribution < -0.4 is 20.5 Å². The van der Waals surface area contributed by atoms with Gasteiger partial charge in [0.05, 0.1) is 17.3 Å². The predicted molar refractivity (Wildman–Crippen MR) is 169 cm³/mol. The lowest BCUT2D eigenvalue weighted by atomic mass is 9.99. The highest BCUT2D eigenvalue weighted by Crippen LogP contribution is 2.39. The molecule has 3 aliphatic heterocycles. The molecule has 2 saturated heterocycles. The van der Waals surface area contributed by atoms with Crippen LogP contribution in [-0.4, -0.2) is 88.1 Å². The smallest absolute Gasteiger partial charge is 0.263 e. The first-order chi connectivity index (χ1) is 20.9. The molecule has 5 heterocycles. The number of nitrogens with zero attached hydrogens (tertiary/aromatic N) is 6. The van der Waals surface area contributed by atoms with Crippen LogP contribution in [-0.2, 0) is 0 Å². The van der Waals surface area contributed by atoms with Gasteiger partial charge in [-0.25, -0.2) is 4.98 Å². The summed E-state index contributed by atoms with van der Waals surface area (Å²) in [5.41, 5.74) is 3.23. The van der Waals surface area contributed by atoms with Crippen molar-refractivity contribution in [2.24, 2.45) is 0 Å². The monoisotopic (exact) mass is 585 g/mol. The first-order valence-electron chi connectivity index (χ1n) is 16.1. The van der Waals surface area contributed by atoms with Gasteiger partial charge in [-0.15, -0.1) is 0 Å². The van der Waals surface area contributed by atoms with Crippen molar-refractivity contribution in [2.75, 3.05) is 56.1 Å². The van der Waals surface area contributed by atoms with Gasteiger partial charge in [0, 0.05) is 55.1 Å². The fourth-order valence-electron chi connectivity index (χ4n) is 7.84. The zero-order valence-corrected chi connectivity index (χ0v) is 25.6. The van der Waals surface area contributed by atoms with Gasteiger partial charge in [-0.1, -0.05) is 19.8 Å². The molecule has 1 aromatic carbocycles. The molecule has 7 rings (SSSR count). The first kappa shape index (κ1) is 28.3. The van der Waals surface area contributed by atoms with Gasteiger partial charge in [-0.2, -0.15) is 4.98 Å². The number of benzene rings is 1. The number of Topliss-reactive ketones (excluding diaryl/α,β-unsaturated/α-hetero) is 1. The quantitative estimate of drug-likeness (QED) is 0.419. The molecule has 1 atom stereocenters. The third-order valence-corrected chi connectivity index (χ3v) is 10.2. The van der Waals surface area contributed by atoms with Crippen molar-refractivity contribution in [3.05, 3.63) is 45.9 Å². The predicted octanol–water partition coefficient (Wildman–Crippen LogP) is 4.53. The molecule has 4 aliphatic rings. The van der Waals surface area contributed by atoms with E-state index < -0.39 is 0 Å². The van der Waals surface area contributed by atoms with Crippen LogP contribution in [0.4, 0.5) is 17.3 Å². The number of hydrogen-bond donors (Lipinski definition) is 1. The summed E-state index contributed by atoms with van der Waals surface area (Å²) in [6.07, 6.45) is 8.23. The standard InChI is InChI=1S/C33H43N7O3/c1-4-37-13-11-24(12-14-37)38-15-16-39-26(19-38)20-43-29-17-23(9-10-28(29)39)35-33-34-18-27-21(2)30(22(3)41)32(42)40(31(27)36-33)25-7-5-6-8-25/h9-10,17-18,24-26H,4-8,11-16,19-20H2,1-3H3,(H,34,35,36)/t26-/m0/s1. The second-order valence-electron chi connectivity index (χ2n) is 12.7. The van der Waals surface area contributed by atoms with Crippen LogP contribution in [0, 0.1) is 6.92 Å². The minimum Gasteiger partial charge on any atom is -0.489 e. The van der Waals surface area contributed by atoms with Gasteiger partial charge < -0.3 is 19.9 Å². The Bertz CT molecular complexity index is 1590. The van der Waals surface area contributed by atoms with Gasteiger partial charge in [0.1, 0.15) is 18.0 Å². The number of fused-ring (bicyclic) bond motifs is 4. The van der Waals surface area contributed by atoms with Gasteiger partial charge in [-0.05, 0) is 76.9 Å². The Morgan fingerprint density at radius 1 is 1.05 bits per heavy atom. The second kappa shape index (κ2) is 11.5. The summed E-state index contributed by atoms with van der Waals surface area (Å²) >= 11 is 0. The van der Waals surface area contributed by atoms with Gasteiger partial charge in [0.25, 0.3) is 5.56 Å². The molecule has 3 fully saturated rings. The third-order valence-electron chi connectivity index (χ3n) is 10.2. The summed E-state index contributed by atoms with van der Waals surface area (Å²) < 4.78 is 8.08. The molecule has 43 heavy (non-hydrogen) atoms. The molecule has 10 heteroatoms. The second-order valence-corrected chi connectivity index (χ2v) is 12.7. The van der Waals surface area contributed by atoms with E-state index in [2.05, 4.69) is 44.1 Å². The molecule has 0 amide bonds. The fourth-order valence-corrected chi connectivity index (χ4v) is 7.84. The largest absolute Gasteiger partial charge is 0.489 e. The van der Waals surface area contributed by atoms with Gasteiger partial charge in [0.2, 0.25) is 5.95 Å². The van der Waals surface area contributed by atoms with Crippen molar-refractivity contribution in [3.63, 3.8) is 0 Å². The van der Waals surface area contributed by atoms with E-state index in [-0.39, 0.29) is 22.9 Å². The van der Waals surface area contributed by atoms with E-state index >= 15 is 0 Å². The summed E-state index contributed by atoms with van der Waals surface area (Å²) in [6.45, 7) is 12.9. The van der Waals surface area contributed by atoms with E-state index in [0.717, 1.165) is 74.4 Å². The average Bonchev–Trinajstić information content (AvgIpc) is 3.55. The number of ether oxygens (including phenoxy) is 1. The average molecular weight is 586 g/mol. The number of pyridine rings is 1. The number of piperazine rings is 1. The summed E-state index contributed by atoms with van der Waals surface area (Å²) in [4.78, 5) is 43.2. The number of nitrogens with one attached hydrogen (secondary N) is 1. The molecule has 3 aromatic rings. The molecule has 228 valence electrons. The van der Waals surface area contributed by atoms with E-state index in [1.165, 1.54) is 32.9 Å². The Morgan fingerprint density at radius 2 is 1.84 bits per heavy atom. The maximum absolute atomic E-state index is 13.5. The molecule has 0 bridgehead atoms. The molecule has 0 radical (unpaired) electrons. The Labute approximate surface area is 253 Å². The van der Waals surface area contributed by atoms with Gasteiger partial charge >= 0.3 is 0 Å². The van der Waals surface area contributed by atoms with E-state index in [0.29, 0.717) is 35.8 Å². The summed E-state index contributed by atoms with van der Waals surface area (Å²) in [6, 6.07) is 7.31. The topological polar surface area (TPSA) is 95.8 Å². The Kier molecular flexibility index (Phi) is 7.59. The molecule has 10 nitrogen and oxygen atoms in total. The fraction of sp³-hybridized carbons (Fsp3) is 0.576. The van der Waals surface area contributed by atoms with E-state index in [9.17, 15) is 9.59 Å². The van der Waals surface area contributed by atoms with E-state index in [1.807, 2.05) is 13.0 Å². The molecular formula is C33H43N7O3. The molecule has 1 saturated carbocycles. The number of carbonyl (C=O) groups is 1. The lowest BCUT2D eigenvalue weighted by Crippen LogP contribution is -2.60. The summed E-state index contributed by atoms with van der Waals surface area (Å²) in [5.74, 6) is 1.08. The van der Waals surface area contributed by atoms with Crippen LogP contribution >= 0.6 is 0 Å². The van der Waals surface area contributed by atoms with Crippen LogP contribution in [0.1, 0.15) is 74.3 Å². The SMILES string of the molecule is CCN1CCC(N2CCN3c4ccc(Nc5ncc6c(C)c(C(C)=O)c(=O)n(C7CCCC7)c6n5)cc4OC[C@@H]3C2)CC1. The maximum atomic E-state index is 13.5. The van der Waals surface area contributed by atoms with Crippen molar-refractivity contribution in [1.29, 1.82) is 0 Å². The van der Waals surface area contributed by atoms with Crippen LogP contribution in [0.3, 0.4) is 0 Å². The number of piperidine rings is 1. The van der Waals surface area contributed by atoms with Crippen molar-refractivity contribution < 1.29 is 9.53 Å². The Morgan fingerprint density at radius 3 is 2.58 bits per heavy atom. The van der Waals surface area contributed by atoms with Crippen LogP contribution in [0.5, 0.6) is 5.75 Å². The summed E-state index contributed by atoms with van der Waals surface area (Å²) in [7, 11) is 0. The van der Waals surface area contributed by atoms with Crippen LogP contribution in [0.2, 0.25) is 0 Å².